The minimum Gasteiger partial charge on any atom is -0.340 e. The first kappa shape index (κ1) is 12.9. The Kier molecular flexibility index (Phi) is 3.90. The smallest absolute Gasteiger partial charge is 0.340 e. The Labute approximate surface area is 111 Å². The summed E-state index contributed by atoms with van der Waals surface area (Å²) in [7, 11) is 0. The Balaban J connectivity index is 2.44. The summed E-state index contributed by atoms with van der Waals surface area (Å²) in [5, 5.41) is 8.25. The summed E-state index contributed by atoms with van der Waals surface area (Å²) in [4.78, 5) is 13.1. The van der Waals surface area contributed by atoms with Crippen LogP contribution in [0.5, 0.6) is 0 Å². The van der Waals surface area contributed by atoms with Gasteiger partial charge in [0, 0.05) is 13.0 Å². The normalized spacial score (nSPS) is 15.0. The van der Waals surface area contributed by atoms with E-state index < -0.39 is 0 Å². The lowest BCUT2D eigenvalue weighted by molar-refractivity contribution is -0.451. The Morgan fingerprint density at radius 1 is 1.28 bits per heavy atom. The topological polar surface area (TPSA) is 66.1 Å². The number of rotatable bonds is 4. The fourth-order valence-electron chi connectivity index (χ4n) is 1.72. The molecule has 18 heavy (non-hydrogen) atoms. The van der Waals surface area contributed by atoms with E-state index in [2.05, 4.69) is 25.4 Å². The van der Waals surface area contributed by atoms with Crippen LogP contribution in [0, 0.1) is 0 Å². The molecule has 0 fully saturated rings. The molecule has 1 aliphatic heterocycles. The maximum atomic E-state index is 4.44. The first-order valence-corrected chi connectivity index (χ1v) is 7.07. The van der Waals surface area contributed by atoms with Crippen molar-refractivity contribution in [3.8, 4) is 0 Å². The second-order valence-electron chi connectivity index (χ2n) is 4.04. The van der Waals surface area contributed by atoms with Gasteiger partial charge in [-0.05, 0) is 37.0 Å². The molecule has 0 aromatic carbocycles. The van der Waals surface area contributed by atoms with E-state index >= 15 is 0 Å². The van der Waals surface area contributed by atoms with Crippen LogP contribution in [-0.4, -0.2) is 43.9 Å². The fourth-order valence-corrected chi connectivity index (χ4v) is 2.07. The Morgan fingerprint density at radius 3 is 2.61 bits per heavy atom. The van der Waals surface area contributed by atoms with Gasteiger partial charge in [0.15, 0.2) is 0 Å². The number of anilines is 1. The highest BCUT2D eigenvalue weighted by Crippen LogP contribution is 2.18. The molecule has 0 atom stereocenters. The van der Waals surface area contributed by atoms with Crippen molar-refractivity contribution in [3.63, 3.8) is 0 Å². The quantitative estimate of drug-likeness (QED) is 0.665. The molecule has 6 nitrogen and oxygen atoms in total. The van der Waals surface area contributed by atoms with Crippen molar-refractivity contribution in [1.29, 1.82) is 0 Å². The molecule has 0 spiro atoms. The third-order valence-electron chi connectivity index (χ3n) is 2.45. The van der Waals surface area contributed by atoms with Gasteiger partial charge in [-0.1, -0.05) is 11.8 Å². The summed E-state index contributed by atoms with van der Waals surface area (Å²) in [6, 6.07) is 0. The maximum Gasteiger partial charge on any atom is 0.463 e. The number of nitrogens with one attached hydrogen (secondary N) is 1. The molecule has 1 aromatic heterocycles. The molecule has 0 radical (unpaired) electrons. The number of hydrogen-bond donors (Lipinski definition) is 1. The average Bonchev–Trinajstić information content (AvgIpc) is 2.68. The molecule has 1 aromatic rings. The van der Waals surface area contributed by atoms with Gasteiger partial charge in [0.25, 0.3) is 5.16 Å². The van der Waals surface area contributed by atoms with Crippen molar-refractivity contribution < 1.29 is 4.68 Å². The van der Waals surface area contributed by atoms with E-state index in [1.807, 2.05) is 27.0 Å². The SMILES string of the molecule is CCNc1nc(SC)nc([N+]2=C(C)CC(C)=N2)n1. The van der Waals surface area contributed by atoms with Gasteiger partial charge >= 0.3 is 11.9 Å². The van der Waals surface area contributed by atoms with Gasteiger partial charge in [-0.25, -0.2) is 0 Å². The summed E-state index contributed by atoms with van der Waals surface area (Å²) >= 11 is 1.50. The Morgan fingerprint density at radius 2 is 2.06 bits per heavy atom. The summed E-state index contributed by atoms with van der Waals surface area (Å²) in [5.74, 6) is 1.18. The predicted octanol–water partition coefficient (Wildman–Crippen LogP) is 1.91. The largest absolute Gasteiger partial charge is 0.463 e. The molecule has 0 bridgehead atoms. The number of thioether (sulfide) groups is 1. The lowest BCUT2D eigenvalue weighted by atomic mass is 10.2. The summed E-state index contributed by atoms with van der Waals surface area (Å²) in [5.41, 5.74) is 2.21. The van der Waals surface area contributed by atoms with Crippen molar-refractivity contribution in [2.75, 3.05) is 18.1 Å². The van der Waals surface area contributed by atoms with Crippen LogP contribution < -0.4 is 5.32 Å². The molecule has 0 saturated carbocycles. The van der Waals surface area contributed by atoms with Crippen molar-refractivity contribution in [3.05, 3.63) is 0 Å². The van der Waals surface area contributed by atoms with Gasteiger partial charge < -0.3 is 5.32 Å². The van der Waals surface area contributed by atoms with Crippen molar-refractivity contribution in [1.82, 2.24) is 15.0 Å². The lowest BCUT2D eigenvalue weighted by Gasteiger charge is -2.00. The van der Waals surface area contributed by atoms with Crippen LogP contribution in [0.2, 0.25) is 0 Å². The maximum absolute atomic E-state index is 4.44. The van der Waals surface area contributed by atoms with E-state index in [0.717, 1.165) is 24.4 Å². The monoisotopic (exact) mass is 265 g/mol. The van der Waals surface area contributed by atoms with E-state index in [9.17, 15) is 0 Å². The molecule has 0 unspecified atom stereocenters. The van der Waals surface area contributed by atoms with Crippen molar-refractivity contribution >= 4 is 35.1 Å². The molecule has 0 amide bonds. The molecule has 0 aliphatic carbocycles. The Bertz CT molecular complexity index is 522. The first-order chi connectivity index (χ1) is 8.63. The number of hydrazone groups is 1. The summed E-state index contributed by atoms with van der Waals surface area (Å²) in [6.45, 7) is 6.83. The molecule has 1 N–H and O–H groups in total. The minimum absolute atomic E-state index is 0.583. The average molecular weight is 265 g/mol. The molecule has 0 saturated heterocycles. The van der Waals surface area contributed by atoms with Crippen LogP contribution in [-0.2, 0) is 0 Å². The predicted molar refractivity (Wildman–Crippen MR) is 74.1 cm³/mol. The van der Waals surface area contributed by atoms with E-state index in [1.54, 1.807) is 4.68 Å². The van der Waals surface area contributed by atoms with Gasteiger partial charge in [-0.15, -0.1) is 9.79 Å². The van der Waals surface area contributed by atoms with Crippen LogP contribution in [0.3, 0.4) is 0 Å². The third kappa shape index (κ3) is 2.66. The van der Waals surface area contributed by atoms with Gasteiger partial charge in [-0.3, -0.25) is 0 Å². The highest BCUT2D eigenvalue weighted by Gasteiger charge is 2.24. The zero-order valence-electron chi connectivity index (χ0n) is 11.1. The molecule has 1 aliphatic rings. The van der Waals surface area contributed by atoms with Crippen LogP contribution in [0.4, 0.5) is 11.9 Å². The van der Waals surface area contributed by atoms with Crippen molar-refractivity contribution in [2.45, 2.75) is 32.3 Å². The van der Waals surface area contributed by atoms with Gasteiger partial charge in [0.05, 0.1) is 11.4 Å². The van der Waals surface area contributed by atoms with E-state index in [1.165, 1.54) is 11.8 Å². The highest BCUT2D eigenvalue weighted by atomic mass is 32.2. The van der Waals surface area contributed by atoms with Gasteiger partial charge in [0.1, 0.15) is 0 Å². The molecule has 96 valence electrons. The molecule has 2 rings (SSSR count). The standard InChI is InChI=1S/C11H17N6S/c1-5-12-9-13-10(15-11(14-9)18-4)17-8(3)6-7(2)16-17/h5-6H2,1-4H3,(H,12,13,14,15)/q+1. The second kappa shape index (κ2) is 5.43. The summed E-state index contributed by atoms with van der Waals surface area (Å²) in [6.07, 6.45) is 2.82. The van der Waals surface area contributed by atoms with Crippen LogP contribution in [0.1, 0.15) is 27.2 Å². The minimum atomic E-state index is 0.583. The fraction of sp³-hybridized carbons (Fsp3) is 0.545. The van der Waals surface area contributed by atoms with Crippen LogP contribution >= 0.6 is 11.8 Å². The first-order valence-electron chi connectivity index (χ1n) is 5.84. The van der Waals surface area contributed by atoms with E-state index in [-0.39, 0.29) is 0 Å². The number of aromatic nitrogens is 3. The lowest BCUT2D eigenvalue weighted by Crippen LogP contribution is -2.10. The van der Waals surface area contributed by atoms with Crippen LogP contribution in [0.15, 0.2) is 10.3 Å². The van der Waals surface area contributed by atoms with E-state index in [0.29, 0.717) is 17.1 Å². The number of hydrogen-bond acceptors (Lipinski definition) is 6. The van der Waals surface area contributed by atoms with Gasteiger partial charge in [0.2, 0.25) is 0 Å². The Hall–Kier alpha value is -1.50. The van der Waals surface area contributed by atoms with Gasteiger partial charge in [-0.2, -0.15) is 4.98 Å². The third-order valence-corrected chi connectivity index (χ3v) is 3.00. The summed E-state index contributed by atoms with van der Waals surface area (Å²) < 4.78 is 1.79. The molecular weight excluding hydrogens is 248 g/mol. The molecule has 2 heterocycles. The number of nitrogens with zero attached hydrogens (tertiary/aromatic N) is 5. The zero-order valence-corrected chi connectivity index (χ0v) is 11.9. The highest BCUT2D eigenvalue weighted by molar-refractivity contribution is 7.98. The zero-order chi connectivity index (χ0) is 13.1. The van der Waals surface area contributed by atoms with Crippen LogP contribution in [0.25, 0.3) is 0 Å². The molecule has 7 heteroatoms. The van der Waals surface area contributed by atoms with Crippen molar-refractivity contribution in [2.24, 2.45) is 5.10 Å². The molecular formula is C11H17N6S+. The second-order valence-corrected chi connectivity index (χ2v) is 4.81. The van der Waals surface area contributed by atoms with E-state index in [4.69, 9.17) is 0 Å².